The fourth-order valence-electron chi connectivity index (χ4n) is 1.26. The van der Waals surface area contributed by atoms with Gasteiger partial charge in [-0.05, 0) is 18.6 Å². The summed E-state index contributed by atoms with van der Waals surface area (Å²) in [5.74, 6) is -1.16. The number of rotatable bonds is 9. The maximum absolute atomic E-state index is 11.8. The zero-order chi connectivity index (χ0) is 15.0. The van der Waals surface area contributed by atoms with Crippen molar-refractivity contribution in [3.63, 3.8) is 0 Å². The Bertz CT molecular complexity index is 554. The average Bonchev–Trinajstić information content (AvgIpc) is 2.43. The van der Waals surface area contributed by atoms with Crippen molar-refractivity contribution in [2.45, 2.75) is 11.4 Å². The second-order valence-electron chi connectivity index (χ2n) is 3.78. The summed E-state index contributed by atoms with van der Waals surface area (Å²) < 4.78 is 31.1. The summed E-state index contributed by atoms with van der Waals surface area (Å²) in [5, 5.41) is 8.47. The van der Waals surface area contributed by atoms with E-state index in [-0.39, 0.29) is 23.7 Å². The molecular formula is C12H16N2O5S. The highest BCUT2D eigenvalue weighted by Crippen LogP contribution is 2.06. The van der Waals surface area contributed by atoms with Crippen molar-refractivity contribution < 1.29 is 23.1 Å². The summed E-state index contributed by atoms with van der Waals surface area (Å²) in [7, 11) is -3.75. The van der Waals surface area contributed by atoms with Crippen LogP contribution in [-0.2, 0) is 14.8 Å². The number of nitrogens with zero attached hydrogens (tertiary/aromatic N) is 1. The number of pyridine rings is 1. The zero-order valence-corrected chi connectivity index (χ0v) is 11.6. The number of hydrogen-bond acceptors (Lipinski definition) is 5. The molecule has 1 aromatic heterocycles. The SMILES string of the molecule is C=CCCOCCNS(=O)(=O)c1ccc(C(=O)O)cn1. The standard InChI is InChI=1S/C12H16N2O5S/c1-2-3-7-19-8-6-14-20(17,18)11-5-4-10(9-13-11)12(15)16/h2,4-5,9,14H,1,3,6-8H2,(H,15,16). The molecule has 0 spiro atoms. The topological polar surface area (TPSA) is 106 Å². The molecule has 0 aliphatic heterocycles. The normalized spacial score (nSPS) is 11.2. The molecular weight excluding hydrogens is 284 g/mol. The first-order valence-corrected chi connectivity index (χ1v) is 7.33. The Labute approximate surface area is 117 Å². The predicted molar refractivity (Wildman–Crippen MR) is 72.0 cm³/mol. The molecule has 1 aromatic rings. The summed E-state index contributed by atoms with van der Waals surface area (Å²) in [5.41, 5.74) is -0.0725. The Morgan fingerprint density at radius 2 is 2.20 bits per heavy atom. The highest BCUT2D eigenvalue weighted by Gasteiger charge is 2.15. The number of sulfonamides is 1. The minimum Gasteiger partial charge on any atom is -0.478 e. The molecule has 0 radical (unpaired) electrons. The van der Waals surface area contributed by atoms with Crippen molar-refractivity contribution in [3.05, 3.63) is 36.5 Å². The van der Waals surface area contributed by atoms with E-state index in [1.807, 2.05) is 0 Å². The fraction of sp³-hybridized carbons (Fsp3) is 0.333. The number of carboxylic acids is 1. The van der Waals surface area contributed by atoms with E-state index in [4.69, 9.17) is 9.84 Å². The lowest BCUT2D eigenvalue weighted by Gasteiger charge is -2.06. The molecule has 0 bridgehead atoms. The summed E-state index contributed by atoms with van der Waals surface area (Å²) in [6, 6.07) is 2.33. The molecule has 8 heteroatoms. The van der Waals surface area contributed by atoms with Gasteiger partial charge in [-0.15, -0.1) is 6.58 Å². The van der Waals surface area contributed by atoms with Crippen molar-refractivity contribution in [1.29, 1.82) is 0 Å². The van der Waals surface area contributed by atoms with Crippen LogP contribution in [0.25, 0.3) is 0 Å². The maximum Gasteiger partial charge on any atom is 0.337 e. The van der Waals surface area contributed by atoms with E-state index >= 15 is 0 Å². The van der Waals surface area contributed by atoms with E-state index in [0.717, 1.165) is 12.3 Å². The van der Waals surface area contributed by atoms with Gasteiger partial charge in [0.25, 0.3) is 10.0 Å². The van der Waals surface area contributed by atoms with Crippen LogP contribution in [0.2, 0.25) is 0 Å². The highest BCUT2D eigenvalue weighted by atomic mass is 32.2. The minimum absolute atomic E-state index is 0.0725. The van der Waals surface area contributed by atoms with Crippen LogP contribution in [0, 0.1) is 0 Å². The molecule has 1 heterocycles. The van der Waals surface area contributed by atoms with Crippen molar-refractivity contribution in [3.8, 4) is 0 Å². The van der Waals surface area contributed by atoms with E-state index in [1.54, 1.807) is 6.08 Å². The van der Waals surface area contributed by atoms with Crippen molar-refractivity contribution in [2.75, 3.05) is 19.8 Å². The Kier molecular flexibility index (Phi) is 6.29. The van der Waals surface area contributed by atoms with Gasteiger partial charge in [0, 0.05) is 12.7 Å². The molecule has 0 saturated carbocycles. The summed E-state index contributed by atoms with van der Waals surface area (Å²) in [6.07, 6.45) is 3.40. The third-order valence-electron chi connectivity index (χ3n) is 2.26. The lowest BCUT2D eigenvalue weighted by molar-refractivity contribution is 0.0696. The summed E-state index contributed by atoms with van der Waals surface area (Å²) in [4.78, 5) is 14.2. The van der Waals surface area contributed by atoms with Crippen LogP contribution in [0.3, 0.4) is 0 Å². The average molecular weight is 300 g/mol. The molecule has 0 aliphatic carbocycles. The molecule has 0 unspecified atom stereocenters. The van der Waals surface area contributed by atoms with Gasteiger partial charge in [0.05, 0.1) is 18.8 Å². The summed E-state index contributed by atoms with van der Waals surface area (Å²) in [6.45, 7) is 4.37. The number of aromatic carboxylic acids is 1. The van der Waals surface area contributed by atoms with Gasteiger partial charge in [0.2, 0.25) is 0 Å². The first-order chi connectivity index (χ1) is 9.47. The number of aromatic nitrogens is 1. The molecule has 7 nitrogen and oxygen atoms in total. The molecule has 110 valence electrons. The number of carbonyl (C=O) groups is 1. The molecule has 20 heavy (non-hydrogen) atoms. The van der Waals surface area contributed by atoms with Gasteiger partial charge in [-0.25, -0.2) is 22.9 Å². The van der Waals surface area contributed by atoms with Gasteiger partial charge in [0.1, 0.15) is 0 Å². The van der Waals surface area contributed by atoms with Crippen LogP contribution in [0.4, 0.5) is 0 Å². The van der Waals surface area contributed by atoms with E-state index in [1.165, 1.54) is 6.07 Å². The Balaban J connectivity index is 2.51. The van der Waals surface area contributed by atoms with Crippen LogP contribution < -0.4 is 4.72 Å². The maximum atomic E-state index is 11.8. The van der Waals surface area contributed by atoms with Crippen LogP contribution in [0.1, 0.15) is 16.8 Å². The third kappa shape index (κ3) is 5.08. The van der Waals surface area contributed by atoms with Crippen molar-refractivity contribution in [2.24, 2.45) is 0 Å². The van der Waals surface area contributed by atoms with Crippen LogP contribution in [0.5, 0.6) is 0 Å². The fourth-order valence-corrected chi connectivity index (χ4v) is 2.20. The smallest absolute Gasteiger partial charge is 0.337 e. The number of hydrogen-bond donors (Lipinski definition) is 2. The minimum atomic E-state index is -3.75. The van der Waals surface area contributed by atoms with E-state index in [2.05, 4.69) is 16.3 Å². The lowest BCUT2D eigenvalue weighted by atomic mass is 10.3. The molecule has 1 rings (SSSR count). The molecule has 0 aliphatic rings. The van der Waals surface area contributed by atoms with Gasteiger partial charge in [-0.3, -0.25) is 0 Å². The first-order valence-electron chi connectivity index (χ1n) is 5.85. The largest absolute Gasteiger partial charge is 0.478 e. The van der Waals surface area contributed by atoms with E-state index in [0.29, 0.717) is 13.0 Å². The van der Waals surface area contributed by atoms with E-state index < -0.39 is 16.0 Å². The third-order valence-corrected chi connectivity index (χ3v) is 3.64. The molecule has 0 atom stereocenters. The van der Waals surface area contributed by atoms with Crippen molar-refractivity contribution >= 4 is 16.0 Å². The van der Waals surface area contributed by atoms with Gasteiger partial charge in [-0.1, -0.05) is 6.08 Å². The van der Waals surface area contributed by atoms with Crippen LogP contribution in [-0.4, -0.2) is 44.2 Å². The van der Waals surface area contributed by atoms with Gasteiger partial charge in [0.15, 0.2) is 5.03 Å². The van der Waals surface area contributed by atoms with Gasteiger partial charge in [-0.2, -0.15) is 0 Å². The lowest BCUT2D eigenvalue weighted by Crippen LogP contribution is -2.28. The summed E-state index contributed by atoms with van der Waals surface area (Å²) >= 11 is 0. The second-order valence-corrected chi connectivity index (χ2v) is 5.49. The number of ether oxygens (including phenoxy) is 1. The van der Waals surface area contributed by atoms with Crippen LogP contribution in [0.15, 0.2) is 36.0 Å². The molecule has 0 amide bonds. The molecule has 0 saturated heterocycles. The molecule has 2 N–H and O–H groups in total. The highest BCUT2D eigenvalue weighted by molar-refractivity contribution is 7.89. The second kappa shape index (κ2) is 7.73. The molecule has 0 aromatic carbocycles. The quantitative estimate of drug-likeness (QED) is 0.512. The predicted octanol–water partition coefficient (Wildman–Crippen LogP) is 0.651. The Morgan fingerprint density at radius 3 is 2.75 bits per heavy atom. The Morgan fingerprint density at radius 1 is 1.45 bits per heavy atom. The Hall–Kier alpha value is -1.77. The number of carboxylic acid groups (broad SMARTS) is 1. The molecule has 0 fully saturated rings. The zero-order valence-electron chi connectivity index (χ0n) is 10.8. The number of nitrogens with one attached hydrogen (secondary N) is 1. The monoisotopic (exact) mass is 300 g/mol. The van der Waals surface area contributed by atoms with Gasteiger partial charge >= 0.3 is 5.97 Å². The van der Waals surface area contributed by atoms with Crippen LogP contribution >= 0.6 is 0 Å². The van der Waals surface area contributed by atoms with Gasteiger partial charge < -0.3 is 9.84 Å². The van der Waals surface area contributed by atoms with Crippen molar-refractivity contribution in [1.82, 2.24) is 9.71 Å². The van der Waals surface area contributed by atoms with E-state index in [9.17, 15) is 13.2 Å². The first kappa shape index (κ1) is 16.3.